The number of anilines is 2. The SMILES string of the molecule is CCCCCC(C)(C)CNc1cccc(F)c1N. The predicted molar refractivity (Wildman–Crippen MR) is 77.2 cm³/mol. The van der Waals surface area contributed by atoms with Crippen molar-refractivity contribution in [1.29, 1.82) is 0 Å². The Morgan fingerprint density at radius 3 is 2.67 bits per heavy atom. The smallest absolute Gasteiger partial charge is 0.148 e. The van der Waals surface area contributed by atoms with Crippen LogP contribution in [0.2, 0.25) is 0 Å². The van der Waals surface area contributed by atoms with Crippen LogP contribution in [0.15, 0.2) is 18.2 Å². The molecule has 1 rings (SSSR count). The molecular weight excluding hydrogens is 227 g/mol. The maximum Gasteiger partial charge on any atom is 0.148 e. The molecule has 0 bridgehead atoms. The molecule has 0 atom stereocenters. The van der Waals surface area contributed by atoms with Gasteiger partial charge in [-0.2, -0.15) is 0 Å². The number of para-hydroxylation sites is 1. The minimum Gasteiger partial charge on any atom is -0.395 e. The van der Waals surface area contributed by atoms with Gasteiger partial charge in [0.2, 0.25) is 0 Å². The Morgan fingerprint density at radius 1 is 1.28 bits per heavy atom. The van der Waals surface area contributed by atoms with Crippen LogP contribution in [0.5, 0.6) is 0 Å². The van der Waals surface area contributed by atoms with Crippen LogP contribution < -0.4 is 11.1 Å². The summed E-state index contributed by atoms with van der Waals surface area (Å²) in [5.74, 6) is -0.358. The van der Waals surface area contributed by atoms with Crippen LogP contribution >= 0.6 is 0 Å². The first kappa shape index (κ1) is 14.8. The molecule has 0 aliphatic heterocycles. The molecule has 0 saturated heterocycles. The molecule has 2 nitrogen and oxygen atoms in total. The van der Waals surface area contributed by atoms with E-state index >= 15 is 0 Å². The molecule has 0 spiro atoms. The van der Waals surface area contributed by atoms with Crippen molar-refractivity contribution in [2.24, 2.45) is 5.41 Å². The lowest BCUT2D eigenvalue weighted by Gasteiger charge is -2.26. The molecule has 0 aromatic heterocycles. The Kier molecular flexibility index (Phi) is 5.45. The lowest BCUT2D eigenvalue weighted by molar-refractivity contribution is 0.342. The van der Waals surface area contributed by atoms with E-state index in [4.69, 9.17) is 5.73 Å². The molecule has 1 aromatic rings. The molecule has 3 N–H and O–H groups in total. The lowest BCUT2D eigenvalue weighted by atomic mass is 9.87. The van der Waals surface area contributed by atoms with Gasteiger partial charge in [0.25, 0.3) is 0 Å². The fourth-order valence-corrected chi connectivity index (χ4v) is 1.97. The number of nitrogens with one attached hydrogen (secondary N) is 1. The summed E-state index contributed by atoms with van der Waals surface area (Å²) in [7, 11) is 0. The van der Waals surface area contributed by atoms with Crippen molar-refractivity contribution in [3.63, 3.8) is 0 Å². The van der Waals surface area contributed by atoms with Gasteiger partial charge in [-0.3, -0.25) is 0 Å². The molecule has 102 valence electrons. The second-order valence-electron chi connectivity index (χ2n) is 5.68. The largest absolute Gasteiger partial charge is 0.395 e. The number of benzene rings is 1. The van der Waals surface area contributed by atoms with Crippen molar-refractivity contribution in [1.82, 2.24) is 0 Å². The van der Waals surface area contributed by atoms with Crippen molar-refractivity contribution in [2.45, 2.75) is 46.5 Å². The highest BCUT2D eigenvalue weighted by Crippen LogP contribution is 2.27. The molecule has 0 saturated carbocycles. The first-order chi connectivity index (χ1) is 8.46. The highest BCUT2D eigenvalue weighted by molar-refractivity contribution is 5.66. The van der Waals surface area contributed by atoms with Gasteiger partial charge in [0.15, 0.2) is 0 Å². The summed E-state index contributed by atoms with van der Waals surface area (Å²) < 4.78 is 13.3. The van der Waals surface area contributed by atoms with Crippen molar-refractivity contribution in [2.75, 3.05) is 17.6 Å². The van der Waals surface area contributed by atoms with Crippen LogP contribution in [0.25, 0.3) is 0 Å². The standard InChI is InChI=1S/C15H25FN2/c1-4-5-6-10-15(2,3)11-18-13-9-7-8-12(16)14(13)17/h7-9,18H,4-6,10-11,17H2,1-3H3. The predicted octanol–water partition coefficient (Wildman–Crippen LogP) is 4.43. The lowest BCUT2D eigenvalue weighted by Crippen LogP contribution is -2.23. The van der Waals surface area contributed by atoms with E-state index in [9.17, 15) is 4.39 Å². The summed E-state index contributed by atoms with van der Waals surface area (Å²) >= 11 is 0. The van der Waals surface area contributed by atoms with Gasteiger partial charge in [0.05, 0.1) is 11.4 Å². The molecular formula is C15H25FN2. The fraction of sp³-hybridized carbons (Fsp3) is 0.600. The van der Waals surface area contributed by atoms with Crippen LogP contribution in [0.3, 0.4) is 0 Å². The van der Waals surface area contributed by atoms with E-state index in [1.807, 2.05) is 6.07 Å². The van der Waals surface area contributed by atoms with Crippen molar-refractivity contribution in [3.8, 4) is 0 Å². The molecule has 0 aliphatic rings. The van der Waals surface area contributed by atoms with E-state index in [0.717, 1.165) is 6.54 Å². The summed E-state index contributed by atoms with van der Waals surface area (Å²) in [6.07, 6.45) is 4.92. The topological polar surface area (TPSA) is 38.0 Å². The maximum atomic E-state index is 13.3. The third-order valence-corrected chi connectivity index (χ3v) is 3.27. The molecule has 3 heteroatoms. The minimum atomic E-state index is -0.358. The first-order valence-corrected chi connectivity index (χ1v) is 6.74. The third kappa shape index (κ3) is 4.55. The van der Waals surface area contributed by atoms with Gasteiger partial charge in [-0.05, 0) is 24.0 Å². The van der Waals surface area contributed by atoms with Crippen LogP contribution in [0, 0.1) is 11.2 Å². The Bertz CT molecular complexity index is 375. The summed E-state index contributed by atoms with van der Waals surface area (Å²) in [5.41, 5.74) is 6.80. The molecule has 1 aromatic carbocycles. The molecule has 0 amide bonds. The van der Waals surface area contributed by atoms with Crippen molar-refractivity contribution < 1.29 is 4.39 Å². The number of hydrogen-bond donors (Lipinski definition) is 2. The molecule has 0 radical (unpaired) electrons. The van der Waals surface area contributed by atoms with E-state index in [2.05, 4.69) is 26.1 Å². The van der Waals surface area contributed by atoms with Gasteiger partial charge in [-0.25, -0.2) is 4.39 Å². The molecule has 0 heterocycles. The summed E-state index contributed by atoms with van der Waals surface area (Å²) in [4.78, 5) is 0. The van der Waals surface area contributed by atoms with Crippen LogP contribution in [-0.2, 0) is 0 Å². The average molecular weight is 252 g/mol. The Balaban J connectivity index is 2.50. The number of hydrogen-bond acceptors (Lipinski definition) is 2. The van der Waals surface area contributed by atoms with Crippen molar-refractivity contribution in [3.05, 3.63) is 24.0 Å². The fourth-order valence-electron chi connectivity index (χ4n) is 1.97. The van der Waals surface area contributed by atoms with Crippen LogP contribution in [-0.4, -0.2) is 6.54 Å². The Labute approximate surface area is 110 Å². The number of nitrogen functional groups attached to an aromatic ring is 1. The maximum absolute atomic E-state index is 13.3. The van der Waals surface area contributed by atoms with Gasteiger partial charge < -0.3 is 11.1 Å². The summed E-state index contributed by atoms with van der Waals surface area (Å²) in [6, 6.07) is 4.88. The van der Waals surface area contributed by atoms with Gasteiger partial charge >= 0.3 is 0 Å². The second kappa shape index (κ2) is 6.62. The molecule has 0 fully saturated rings. The van der Waals surface area contributed by atoms with E-state index in [0.29, 0.717) is 5.69 Å². The highest BCUT2D eigenvalue weighted by atomic mass is 19.1. The number of unbranched alkanes of at least 4 members (excludes halogenated alkanes) is 2. The normalized spacial score (nSPS) is 11.6. The van der Waals surface area contributed by atoms with Crippen LogP contribution in [0.4, 0.5) is 15.8 Å². The van der Waals surface area contributed by atoms with E-state index in [1.54, 1.807) is 6.07 Å². The van der Waals surface area contributed by atoms with E-state index in [-0.39, 0.29) is 16.9 Å². The first-order valence-electron chi connectivity index (χ1n) is 6.74. The average Bonchev–Trinajstić information content (AvgIpc) is 2.31. The van der Waals surface area contributed by atoms with Crippen LogP contribution in [0.1, 0.15) is 46.5 Å². The Morgan fingerprint density at radius 2 is 2.00 bits per heavy atom. The number of rotatable bonds is 7. The second-order valence-corrected chi connectivity index (χ2v) is 5.68. The van der Waals surface area contributed by atoms with E-state index < -0.39 is 0 Å². The molecule has 0 unspecified atom stereocenters. The Hall–Kier alpha value is -1.25. The zero-order valence-corrected chi connectivity index (χ0v) is 11.7. The van der Waals surface area contributed by atoms with E-state index in [1.165, 1.54) is 31.7 Å². The van der Waals surface area contributed by atoms with Crippen molar-refractivity contribution >= 4 is 11.4 Å². The molecule has 18 heavy (non-hydrogen) atoms. The number of nitrogens with two attached hydrogens (primary N) is 1. The number of halogens is 1. The summed E-state index contributed by atoms with van der Waals surface area (Å²) in [6.45, 7) is 7.47. The van der Waals surface area contributed by atoms with Gasteiger partial charge in [0, 0.05) is 6.54 Å². The zero-order valence-electron chi connectivity index (χ0n) is 11.7. The zero-order chi connectivity index (χ0) is 13.6. The van der Waals surface area contributed by atoms with Gasteiger partial charge in [-0.15, -0.1) is 0 Å². The summed E-state index contributed by atoms with van der Waals surface area (Å²) in [5, 5.41) is 3.26. The highest BCUT2D eigenvalue weighted by Gasteiger charge is 2.17. The molecule has 0 aliphatic carbocycles. The van der Waals surface area contributed by atoms with Gasteiger partial charge in [0.1, 0.15) is 5.82 Å². The third-order valence-electron chi connectivity index (χ3n) is 3.27. The monoisotopic (exact) mass is 252 g/mol. The van der Waals surface area contributed by atoms with Gasteiger partial charge in [-0.1, -0.05) is 46.1 Å². The minimum absolute atomic E-state index is 0.202. The quantitative estimate of drug-likeness (QED) is 0.556.